The van der Waals surface area contributed by atoms with Crippen LogP contribution in [-0.4, -0.2) is 31.5 Å². The molecule has 1 heterocycles. The summed E-state index contributed by atoms with van der Waals surface area (Å²) in [7, 11) is 0. The van der Waals surface area contributed by atoms with Crippen LogP contribution in [0, 0.1) is 0 Å². The van der Waals surface area contributed by atoms with E-state index in [-0.39, 0.29) is 6.54 Å². The highest BCUT2D eigenvalue weighted by molar-refractivity contribution is 5.76. The molecule has 0 spiro atoms. The first-order valence-corrected chi connectivity index (χ1v) is 3.27. The van der Waals surface area contributed by atoms with Crippen LogP contribution in [0.5, 0.6) is 0 Å². The van der Waals surface area contributed by atoms with Gasteiger partial charge < -0.3 is 5.11 Å². The molecule has 1 aromatic heterocycles. The molecule has 0 aliphatic rings. The van der Waals surface area contributed by atoms with Crippen LogP contribution in [0.2, 0.25) is 0 Å². The Morgan fingerprint density at radius 2 is 2.50 bits per heavy atom. The second-order valence-corrected chi connectivity index (χ2v) is 2.60. The Morgan fingerprint density at radius 3 is 2.92 bits per heavy atom. The van der Waals surface area contributed by atoms with Crippen molar-refractivity contribution < 1.29 is 14.3 Å². The third kappa shape index (κ3) is 1.77. The van der Waals surface area contributed by atoms with Crippen molar-refractivity contribution in [1.29, 1.82) is 0 Å². The van der Waals surface area contributed by atoms with E-state index in [9.17, 15) is 9.18 Å². The van der Waals surface area contributed by atoms with Gasteiger partial charge >= 0.3 is 5.97 Å². The third-order valence-corrected chi connectivity index (χ3v) is 1.37. The molecule has 12 heavy (non-hydrogen) atoms. The fourth-order valence-electron chi connectivity index (χ4n) is 0.686. The summed E-state index contributed by atoms with van der Waals surface area (Å²) in [4.78, 5) is 13.9. The first-order valence-electron chi connectivity index (χ1n) is 3.27. The van der Waals surface area contributed by atoms with Gasteiger partial charge in [0.15, 0.2) is 0 Å². The van der Waals surface area contributed by atoms with Gasteiger partial charge in [0.2, 0.25) is 5.67 Å². The molecule has 5 nitrogen and oxygen atoms in total. The van der Waals surface area contributed by atoms with Gasteiger partial charge in [-0.3, -0.25) is 0 Å². The molecule has 1 unspecified atom stereocenters. The summed E-state index contributed by atoms with van der Waals surface area (Å²) >= 11 is 0. The molecule has 0 fully saturated rings. The first-order chi connectivity index (χ1) is 5.52. The van der Waals surface area contributed by atoms with Crippen molar-refractivity contribution in [2.45, 2.75) is 19.1 Å². The third-order valence-electron chi connectivity index (χ3n) is 1.37. The molecule has 0 bridgehead atoms. The average Bonchev–Trinajstić information content (AvgIpc) is 2.38. The topological polar surface area (TPSA) is 68.0 Å². The lowest BCUT2D eigenvalue weighted by atomic mass is 10.1. The number of halogens is 1. The number of aliphatic carboxylic acids is 1. The van der Waals surface area contributed by atoms with E-state index in [1.165, 1.54) is 12.7 Å². The fraction of sp³-hybridized carbons (Fsp3) is 0.500. The summed E-state index contributed by atoms with van der Waals surface area (Å²) in [6, 6.07) is 0. The molecule has 0 aliphatic heterocycles. The fourth-order valence-corrected chi connectivity index (χ4v) is 0.686. The van der Waals surface area contributed by atoms with E-state index in [1.807, 2.05) is 0 Å². The second kappa shape index (κ2) is 2.88. The minimum Gasteiger partial charge on any atom is -0.479 e. The summed E-state index contributed by atoms with van der Waals surface area (Å²) in [5.74, 6) is -1.50. The van der Waals surface area contributed by atoms with E-state index in [0.717, 1.165) is 11.6 Å². The van der Waals surface area contributed by atoms with Crippen molar-refractivity contribution >= 4 is 5.97 Å². The lowest BCUT2D eigenvalue weighted by molar-refractivity contribution is -0.150. The number of carbonyl (C=O) groups is 1. The van der Waals surface area contributed by atoms with Gasteiger partial charge in [-0.2, -0.15) is 5.10 Å². The van der Waals surface area contributed by atoms with E-state index in [0.29, 0.717) is 0 Å². The normalized spacial score (nSPS) is 15.5. The summed E-state index contributed by atoms with van der Waals surface area (Å²) in [5.41, 5.74) is -2.30. The quantitative estimate of drug-likeness (QED) is 0.703. The average molecular weight is 173 g/mol. The Bertz CT molecular complexity index is 270. The number of nitrogens with zero attached hydrogens (tertiary/aromatic N) is 3. The minimum atomic E-state index is -2.30. The number of rotatable bonds is 3. The molecule has 1 N–H and O–H groups in total. The van der Waals surface area contributed by atoms with E-state index in [2.05, 4.69) is 10.1 Å². The molecule has 6 heteroatoms. The van der Waals surface area contributed by atoms with Gasteiger partial charge in [0, 0.05) is 0 Å². The van der Waals surface area contributed by atoms with Gasteiger partial charge in [0.25, 0.3) is 0 Å². The van der Waals surface area contributed by atoms with Crippen LogP contribution in [0.15, 0.2) is 12.7 Å². The van der Waals surface area contributed by atoms with E-state index < -0.39 is 11.6 Å². The van der Waals surface area contributed by atoms with Crippen molar-refractivity contribution in [3.8, 4) is 0 Å². The van der Waals surface area contributed by atoms with Crippen LogP contribution in [0.3, 0.4) is 0 Å². The highest BCUT2D eigenvalue weighted by Crippen LogP contribution is 2.12. The van der Waals surface area contributed by atoms with Gasteiger partial charge in [0.05, 0.1) is 6.54 Å². The highest BCUT2D eigenvalue weighted by Gasteiger charge is 2.33. The van der Waals surface area contributed by atoms with Crippen LogP contribution in [-0.2, 0) is 11.3 Å². The predicted octanol–water partition coefficient (Wildman–Crippen LogP) is 0.0909. The van der Waals surface area contributed by atoms with Gasteiger partial charge in [-0.25, -0.2) is 18.9 Å². The molecule has 1 rings (SSSR count). The Labute approximate surface area is 67.8 Å². The van der Waals surface area contributed by atoms with Gasteiger partial charge in [0.1, 0.15) is 12.7 Å². The van der Waals surface area contributed by atoms with Gasteiger partial charge in [-0.05, 0) is 6.92 Å². The van der Waals surface area contributed by atoms with Crippen molar-refractivity contribution in [2.75, 3.05) is 0 Å². The van der Waals surface area contributed by atoms with Crippen molar-refractivity contribution in [3.63, 3.8) is 0 Å². The predicted molar refractivity (Wildman–Crippen MR) is 37.2 cm³/mol. The standard InChI is InChI=1S/C6H8FN3O2/c1-6(7,5(11)12)2-10-4-8-3-9-10/h3-4H,2H2,1H3,(H,11,12). The lowest BCUT2D eigenvalue weighted by Gasteiger charge is -2.13. The largest absolute Gasteiger partial charge is 0.479 e. The van der Waals surface area contributed by atoms with Crippen molar-refractivity contribution in [2.24, 2.45) is 0 Å². The Morgan fingerprint density at radius 1 is 1.83 bits per heavy atom. The number of alkyl halides is 1. The molecule has 0 amide bonds. The molecule has 66 valence electrons. The second-order valence-electron chi connectivity index (χ2n) is 2.60. The highest BCUT2D eigenvalue weighted by atomic mass is 19.1. The van der Waals surface area contributed by atoms with Crippen LogP contribution in [0.4, 0.5) is 4.39 Å². The molecule has 0 aromatic carbocycles. The zero-order chi connectivity index (χ0) is 9.19. The minimum absolute atomic E-state index is 0.331. The van der Waals surface area contributed by atoms with Gasteiger partial charge in [-0.1, -0.05) is 0 Å². The number of aromatic nitrogens is 3. The molecule has 0 aliphatic carbocycles. The maximum Gasteiger partial charge on any atom is 0.343 e. The van der Waals surface area contributed by atoms with Crippen LogP contribution < -0.4 is 0 Å². The SMILES string of the molecule is CC(F)(Cn1cncn1)C(=O)O. The summed E-state index contributed by atoms with van der Waals surface area (Å²) < 4.78 is 14.2. The Kier molecular flexibility index (Phi) is 2.07. The number of carboxylic acids is 1. The molecule has 1 aromatic rings. The molecule has 1 atom stereocenters. The maximum atomic E-state index is 13.1. The van der Waals surface area contributed by atoms with E-state index >= 15 is 0 Å². The lowest BCUT2D eigenvalue weighted by Crippen LogP contribution is -2.35. The molecular formula is C6H8FN3O2. The zero-order valence-electron chi connectivity index (χ0n) is 6.44. The van der Waals surface area contributed by atoms with Crippen LogP contribution >= 0.6 is 0 Å². The summed E-state index contributed by atoms with van der Waals surface area (Å²) in [5, 5.41) is 12.0. The molecule has 0 saturated heterocycles. The monoisotopic (exact) mass is 173 g/mol. The summed E-state index contributed by atoms with van der Waals surface area (Å²) in [6.07, 6.45) is 2.48. The first kappa shape index (κ1) is 8.63. The number of hydrogen-bond donors (Lipinski definition) is 1. The Balaban J connectivity index is 2.69. The van der Waals surface area contributed by atoms with Crippen molar-refractivity contribution in [1.82, 2.24) is 14.8 Å². The zero-order valence-corrected chi connectivity index (χ0v) is 6.44. The van der Waals surface area contributed by atoms with Crippen LogP contribution in [0.25, 0.3) is 0 Å². The molecule has 0 radical (unpaired) electrons. The number of carboxylic acid groups (broad SMARTS) is 1. The van der Waals surface area contributed by atoms with Crippen molar-refractivity contribution in [3.05, 3.63) is 12.7 Å². The smallest absolute Gasteiger partial charge is 0.343 e. The van der Waals surface area contributed by atoms with Gasteiger partial charge in [-0.15, -0.1) is 0 Å². The van der Waals surface area contributed by atoms with E-state index in [4.69, 9.17) is 5.11 Å². The van der Waals surface area contributed by atoms with E-state index in [1.54, 1.807) is 0 Å². The number of hydrogen-bond acceptors (Lipinski definition) is 3. The summed E-state index contributed by atoms with van der Waals surface area (Å²) in [6.45, 7) is 0.652. The van der Waals surface area contributed by atoms with Crippen LogP contribution in [0.1, 0.15) is 6.92 Å². The maximum absolute atomic E-state index is 13.1. The molecular weight excluding hydrogens is 165 g/mol. The molecule has 0 saturated carbocycles. The Hall–Kier alpha value is -1.46.